The summed E-state index contributed by atoms with van der Waals surface area (Å²) in [5.74, 6) is 0. The van der Waals surface area contributed by atoms with Crippen molar-refractivity contribution in [3.05, 3.63) is 17.1 Å². The van der Waals surface area contributed by atoms with E-state index in [9.17, 15) is 0 Å². The Morgan fingerprint density at radius 1 is 1.41 bits per heavy atom. The fourth-order valence-electron chi connectivity index (χ4n) is 1.62. The summed E-state index contributed by atoms with van der Waals surface area (Å²) in [7, 11) is -0.981. The van der Waals surface area contributed by atoms with Crippen molar-refractivity contribution in [3.8, 4) is 0 Å². The number of rotatable bonds is 5. The molecular formula is C12H20N2OSSi. The van der Waals surface area contributed by atoms with Gasteiger partial charge in [-0.2, -0.15) is 5.10 Å². The van der Waals surface area contributed by atoms with E-state index in [-0.39, 0.29) is 0 Å². The molecule has 0 atom stereocenters. The molecule has 0 aliphatic carbocycles. The van der Waals surface area contributed by atoms with Crippen LogP contribution in [0.3, 0.4) is 0 Å². The van der Waals surface area contributed by atoms with Gasteiger partial charge >= 0.3 is 0 Å². The van der Waals surface area contributed by atoms with Gasteiger partial charge in [-0.1, -0.05) is 19.6 Å². The lowest BCUT2D eigenvalue weighted by molar-refractivity contribution is 0.0820. The molecule has 0 aliphatic heterocycles. The molecule has 0 N–H and O–H groups in total. The van der Waals surface area contributed by atoms with Crippen molar-refractivity contribution < 1.29 is 4.74 Å². The molecule has 0 amide bonds. The Kier molecular flexibility index (Phi) is 3.70. The smallest absolute Gasteiger partial charge is 0.140 e. The van der Waals surface area contributed by atoms with Crippen LogP contribution in [0.1, 0.15) is 4.88 Å². The van der Waals surface area contributed by atoms with Crippen molar-refractivity contribution in [2.75, 3.05) is 6.61 Å². The summed E-state index contributed by atoms with van der Waals surface area (Å²) in [4.78, 5) is 2.55. The second kappa shape index (κ2) is 4.92. The molecule has 0 fully saturated rings. The van der Waals surface area contributed by atoms with Crippen LogP contribution in [-0.2, 0) is 11.5 Å². The van der Waals surface area contributed by atoms with E-state index in [0.717, 1.165) is 6.61 Å². The van der Waals surface area contributed by atoms with Crippen molar-refractivity contribution in [2.45, 2.75) is 39.3 Å². The van der Waals surface area contributed by atoms with Crippen molar-refractivity contribution in [1.82, 2.24) is 9.78 Å². The van der Waals surface area contributed by atoms with Gasteiger partial charge in [0.05, 0.1) is 6.20 Å². The first-order valence-electron chi connectivity index (χ1n) is 5.95. The second-order valence-electron chi connectivity index (χ2n) is 5.61. The van der Waals surface area contributed by atoms with Gasteiger partial charge in [-0.05, 0) is 19.0 Å². The summed E-state index contributed by atoms with van der Waals surface area (Å²) >= 11 is 1.78. The third kappa shape index (κ3) is 3.40. The molecule has 0 radical (unpaired) electrons. The molecule has 3 nitrogen and oxygen atoms in total. The van der Waals surface area contributed by atoms with Crippen molar-refractivity contribution in [3.63, 3.8) is 0 Å². The molecule has 5 heteroatoms. The van der Waals surface area contributed by atoms with Crippen LogP contribution in [0, 0.1) is 6.92 Å². The van der Waals surface area contributed by atoms with Crippen LogP contribution in [0.25, 0.3) is 10.2 Å². The maximum absolute atomic E-state index is 5.71. The van der Waals surface area contributed by atoms with Crippen LogP contribution in [0.4, 0.5) is 0 Å². The molecule has 0 aromatic carbocycles. The van der Waals surface area contributed by atoms with E-state index in [1.165, 1.54) is 21.1 Å². The molecule has 2 aromatic heterocycles. The Bertz CT molecular complexity index is 498. The Morgan fingerprint density at radius 2 is 2.18 bits per heavy atom. The van der Waals surface area contributed by atoms with Gasteiger partial charge in [0.2, 0.25) is 0 Å². The molecule has 17 heavy (non-hydrogen) atoms. The van der Waals surface area contributed by atoms with Crippen LogP contribution >= 0.6 is 11.3 Å². The minimum atomic E-state index is -0.981. The number of thiophene rings is 1. The van der Waals surface area contributed by atoms with Gasteiger partial charge in [0.15, 0.2) is 0 Å². The van der Waals surface area contributed by atoms with E-state index in [2.05, 4.69) is 37.7 Å². The molecule has 0 spiro atoms. The third-order valence-corrected chi connectivity index (χ3v) is 5.43. The van der Waals surface area contributed by atoms with Gasteiger partial charge in [-0.15, -0.1) is 11.3 Å². The Morgan fingerprint density at radius 3 is 2.88 bits per heavy atom. The normalized spacial score (nSPS) is 12.5. The van der Waals surface area contributed by atoms with Gasteiger partial charge in [0.25, 0.3) is 0 Å². The molecule has 94 valence electrons. The number of ether oxygens (including phenoxy) is 1. The average Bonchev–Trinajstić information content (AvgIpc) is 2.71. The van der Waals surface area contributed by atoms with E-state index in [1.807, 2.05) is 10.9 Å². The fraction of sp³-hybridized carbons (Fsp3) is 0.583. The molecule has 2 rings (SSSR count). The summed E-state index contributed by atoms with van der Waals surface area (Å²) < 4.78 is 7.67. The number of nitrogens with zero attached hydrogens (tertiary/aromatic N) is 2. The molecule has 0 bridgehead atoms. The highest BCUT2D eigenvalue weighted by Gasteiger charge is 2.12. The number of aromatic nitrogens is 2. The number of fused-ring (bicyclic) bond motifs is 1. The summed E-state index contributed by atoms with van der Waals surface area (Å²) in [6, 6.07) is 3.38. The molecule has 2 heterocycles. The zero-order valence-electron chi connectivity index (χ0n) is 11.0. The van der Waals surface area contributed by atoms with Crippen LogP contribution in [0.5, 0.6) is 0 Å². The molecule has 2 aromatic rings. The lowest BCUT2D eigenvalue weighted by atomic mass is 10.4. The van der Waals surface area contributed by atoms with Gasteiger partial charge in [-0.25, -0.2) is 4.68 Å². The maximum atomic E-state index is 5.71. The van der Waals surface area contributed by atoms with Gasteiger partial charge < -0.3 is 4.74 Å². The maximum Gasteiger partial charge on any atom is 0.140 e. The summed E-state index contributed by atoms with van der Waals surface area (Å²) in [5, 5.41) is 5.57. The predicted molar refractivity (Wildman–Crippen MR) is 76.5 cm³/mol. The molecule has 0 aliphatic rings. The van der Waals surface area contributed by atoms with E-state index in [1.54, 1.807) is 11.3 Å². The summed E-state index contributed by atoms with van der Waals surface area (Å²) in [6.45, 7) is 10.7. The quantitative estimate of drug-likeness (QED) is 0.610. The standard InChI is InChI=1S/C12H20N2OSSi/c1-10-7-11-8-13-14(12(11)16-10)9-15-5-6-17(2,3)4/h7-8H,5-6,9H2,1-4H3. The van der Waals surface area contributed by atoms with E-state index >= 15 is 0 Å². The minimum Gasteiger partial charge on any atom is -0.359 e. The highest BCUT2D eigenvalue weighted by Crippen LogP contribution is 2.24. The lowest BCUT2D eigenvalue weighted by Gasteiger charge is -2.15. The fourth-order valence-corrected chi connectivity index (χ4v) is 3.30. The van der Waals surface area contributed by atoms with Gasteiger partial charge in [0, 0.05) is 24.9 Å². The number of hydrogen-bond donors (Lipinski definition) is 0. The largest absolute Gasteiger partial charge is 0.359 e. The average molecular weight is 268 g/mol. The minimum absolute atomic E-state index is 0.577. The molecule has 0 saturated heterocycles. The topological polar surface area (TPSA) is 27.1 Å². The zero-order valence-corrected chi connectivity index (χ0v) is 12.8. The third-order valence-electron chi connectivity index (χ3n) is 2.64. The Hall–Kier alpha value is -0.653. The first kappa shape index (κ1) is 12.8. The Labute approximate surface area is 107 Å². The summed E-state index contributed by atoms with van der Waals surface area (Å²) in [5.41, 5.74) is 0. The first-order chi connectivity index (χ1) is 7.96. The van der Waals surface area contributed by atoms with Crippen molar-refractivity contribution in [2.24, 2.45) is 0 Å². The predicted octanol–water partition coefficient (Wildman–Crippen LogP) is 3.72. The first-order valence-corrected chi connectivity index (χ1v) is 10.5. The Balaban J connectivity index is 1.91. The molecular weight excluding hydrogens is 248 g/mol. The second-order valence-corrected chi connectivity index (χ2v) is 12.5. The SMILES string of the molecule is Cc1cc2cnn(COCC[Si](C)(C)C)c2s1. The van der Waals surface area contributed by atoms with Gasteiger partial charge in [0.1, 0.15) is 11.6 Å². The highest BCUT2D eigenvalue weighted by molar-refractivity contribution is 7.18. The van der Waals surface area contributed by atoms with Crippen LogP contribution < -0.4 is 0 Å². The summed E-state index contributed by atoms with van der Waals surface area (Å²) in [6.07, 6.45) is 1.92. The van der Waals surface area contributed by atoms with Crippen molar-refractivity contribution in [1.29, 1.82) is 0 Å². The molecule has 0 unspecified atom stereocenters. The molecule has 0 saturated carbocycles. The van der Waals surface area contributed by atoms with E-state index in [4.69, 9.17) is 4.74 Å². The van der Waals surface area contributed by atoms with Crippen LogP contribution in [0.2, 0.25) is 25.7 Å². The van der Waals surface area contributed by atoms with Crippen LogP contribution in [-0.4, -0.2) is 24.5 Å². The van der Waals surface area contributed by atoms with Crippen LogP contribution in [0.15, 0.2) is 12.3 Å². The zero-order chi connectivity index (χ0) is 12.5. The number of hydrogen-bond acceptors (Lipinski definition) is 3. The van der Waals surface area contributed by atoms with Gasteiger partial charge in [-0.3, -0.25) is 0 Å². The lowest BCUT2D eigenvalue weighted by Crippen LogP contribution is -2.22. The monoisotopic (exact) mass is 268 g/mol. The number of aryl methyl sites for hydroxylation is 1. The van der Waals surface area contributed by atoms with Crippen molar-refractivity contribution >= 4 is 29.6 Å². The highest BCUT2D eigenvalue weighted by atomic mass is 32.1. The van der Waals surface area contributed by atoms with E-state index in [0.29, 0.717) is 6.73 Å². The van der Waals surface area contributed by atoms with E-state index < -0.39 is 8.07 Å².